The van der Waals surface area contributed by atoms with Crippen LogP contribution in [0.4, 0.5) is 4.39 Å². The number of benzene rings is 2. The Bertz CT molecular complexity index is 1240. The van der Waals surface area contributed by atoms with E-state index in [1.165, 1.54) is 56.2 Å². The molecule has 8 rings (SSSR count). The van der Waals surface area contributed by atoms with Gasteiger partial charge >= 0.3 is 0 Å². The zero-order chi connectivity index (χ0) is 24.3. The Kier molecular flexibility index (Phi) is 5.30. The van der Waals surface area contributed by atoms with Crippen molar-refractivity contribution in [2.75, 3.05) is 6.54 Å². The van der Waals surface area contributed by atoms with Crippen LogP contribution in [-0.4, -0.2) is 22.2 Å². The van der Waals surface area contributed by atoms with Crippen molar-refractivity contribution in [2.24, 2.45) is 23.2 Å². The van der Waals surface area contributed by atoms with Crippen LogP contribution in [0.2, 0.25) is 0 Å². The topological polar surface area (TPSA) is 46.9 Å². The molecule has 3 aromatic rings. The number of aromatic nitrogens is 2. The normalized spacial score (nSPS) is 30.2. The van der Waals surface area contributed by atoms with Crippen molar-refractivity contribution in [3.8, 4) is 5.69 Å². The van der Waals surface area contributed by atoms with E-state index in [-0.39, 0.29) is 23.1 Å². The summed E-state index contributed by atoms with van der Waals surface area (Å²) < 4.78 is 15.6. The van der Waals surface area contributed by atoms with Crippen LogP contribution >= 0.6 is 0 Å². The summed E-state index contributed by atoms with van der Waals surface area (Å²) in [6, 6.07) is 17.0. The summed E-state index contributed by atoms with van der Waals surface area (Å²) in [5.41, 5.74) is 5.02. The van der Waals surface area contributed by atoms with Gasteiger partial charge in [-0.2, -0.15) is 5.10 Å². The lowest BCUT2D eigenvalue weighted by Crippen LogP contribution is -2.51. The van der Waals surface area contributed by atoms with Crippen molar-refractivity contribution in [3.63, 3.8) is 0 Å². The van der Waals surface area contributed by atoms with Crippen LogP contribution in [0.1, 0.15) is 84.6 Å². The van der Waals surface area contributed by atoms with Crippen LogP contribution < -0.4 is 5.32 Å². The summed E-state index contributed by atoms with van der Waals surface area (Å²) in [7, 11) is 0. The summed E-state index contributed by atoms with van der Waals surface area (Å²) in [4.78, 5) is 13.7. The third kappa shape index (κ3) is 3.79. The van der Waals surface area contributed by atoms with Gasteiger partial charge in [0.05, 0.1) is 11.4 Å². The number of carbonyl (C=O) groups excluding carboxylic acids is 1. The van der Waals surface area contributed by atoms with Crippen molar-refractivity contribution in [3.05, 3.63) is 82.9 Å². The minimum Gasteiger partial charge on any atom is -0.350 e. The number of hydrogen-bond acceptors (Lipinski definition) is 2. The molecule has 4 saturated carbocycles. The average molecular weight is 484 g/mol. The lowest BCUT2D eigenvalue weighted by molar-refractivity contribution is -0.0503. The standard InChI is InChI=1S/C31H34FN3O/c32-24-9-11-25(12-10-24)35-29-26(23-5-2-1-3-6-23)7-4-8-27(29)28(34-35)30(36)33-19-31-16-20-13-21(17-31)15-22(14-20)18-31/h1-3,5-6,9-12,20-22,26H,4,7-8,13-19H2,(H,33,36). The fourth-order valence-electron chi connectivity index (χ4n) is 8.52. The zero-order valence-corrected chi connectivity index (χ0v) is 20.8. The van der Waals surface area contributed by atoms with Crippen LogP contribution in [0.3, 0.4) is 0 Å². The number of amides is 1. The molecule has 1 heterocycles. The largest absolute Gasteiger partial charge is 0.350 e. The quantitative estimate of drug-likeness (QED) is 0.455. The summed E-state index contributed by atoms with van der Waals surface area (Å²) in [5.74, 6) is 2.45. The van der Waals surface area contributed by atoms with Crippen molar-refractivity contribution in [2.45, 2.75) is 63.7 Å². The fourth-order valence-corrected chi connectivity index (χ4v) is 8.52. The zero-order valence-electron chi connectivity index (χ0n) is 20.8. The molecule has 0 spiro atoms. The molecule has 4 bridgehead atoms. The van der Waals surface area contributed by atoms with Gasteiger partial charge in [0.15, 0.2) is 5.69 Å². The highest BCUT2D eigenvalue weighted by Crippen LogP contribution is 2.59. The Labute approximate surface area is 212 Å². The molecule has 1 N–H and O–H groups in total. The van der Waals surface area contributed by atoms with E-state index < -0.39 is 0 Å². The first kappa shape index (κ1) is 22.3. The molecule has 5 aliphatic rings. The van der Waals surface area contributed by atoms with Gasteiger partial charge in [0.2, 0.25) is 0 Å². The van der Waals surface area contributed by atoms with E-state index in [1.54, 1.807) is 12.1 Å². The molecule has 1 atom stereocenters. The average Bonchev–Trinajstić information content (AvgIpc) is 3.28. The molecule has 1 amide bonds. The predicted molar refractivity (Wildman–Crippen MR) is 138 cm³/mol. The van der Waals surface area contributed by atoms with E-state index in [0.29, 0.717) is 5.69 Å². The van der Waals surface area contributed by atoms with Gasteiger partial charge in [-0.25, -0.2) is 9.07 Å². The third-order valence-electron chi connectivity index (χ3n) is 9.55. The highest BCUT2D eigenvalue weighted by atomic mass is 19.1. The van der Waals surface area contributed by atoms with Crippen LogP contribution in [0.15, 0.2) is 54.6 Å². The lowest BCUT2D eigenvalue weighted by Gasteiger charge is -2.56. The molecule has 1 aromatic heterocycles. The summed E-state index contributed by atoms with van der Waals surface area (Å²) in [6.45, 7) is 0.773. The second-order valence-corrected chi connectivity index (χ2v) is 12.1. The number of rotatable bonds is 5. The minimum atomic E-state index is -0.270. The highest BCUT2D eigenvalue weighted by Gasteiger charge is 2.50. The molecule has 36 heavy (non-hydrogen) atoms. The van der Waals surface area contributed by atoms with Crippen LogP contribution in [0, 0.1) is 29.0 Å². The Morgan fingerprint density at radius 2 is 1.64 bits per heavy atom. The van der Waals surface area contributed by atoms with E-state index in [4.69, 9.17) is 5.10 Å². The van der Waals surface area contributed by atoms with Gasteiger partial charge in [0.25, 0.3) is 5.91 Å². The minimum absolute atomic E-state index is 0.0448. The Morgan fingerprint density at radius 1 is 0.972 bits per heavy atom. The van der Waals surface area contributed by atoms with Crippen molar-refractivity contribution in [1.29, 1.82) is 0 Å². The molecule has 4 nitrogen and oxygen atoms in total. The second kappa shape index (κ2) is 8.57. The maximum atomic E-state index is 13.7. The van der Waals surface area contributed by atoms with Gasteiger partial charge in [0, 0.05) is 18.0 Å². The van der Waals surface area contributed by atoms with Crippen LogP contribution in [0.5, 0.6) is 0 Å². The van der Waals surface area contributed by atoms with Crippen molar-refractivity contribution in [1.82, 2.24) is 15.1 Å². The van der Waals surface area contributed by atoms with Gasteiger partial charge in [-0.3, -0.25) is 4.79 Å². The van der Waals surface area contributed by atoms with Crippen LogP contribution in [-0.2, 0) is 6.42 Å². The SMILES string of the molecule is O=C(NCC12CC3CC(CC(C3)C1)C2)c1nn(-c2ccc(F)cc2)c2c1CCCC2c1ccccc1. The summed E-state index contributed by atoms with van der Waals surface area (Å²) in [5, 5.41) is 8.27. The smallest absolute Gasteiger partial charge is 0.272 e. The maximum Gasteiger partial charge on any atom is 0.272 e. The van der Waals surface area contributed by atoms with Gasteiger partial charge in [-0.15, -0.1) is 0 Å². The highest BCUT2D eigenvalue weighted by molar-refractivity contribution is 5.94. The molecule has 0 saturated heterocycles. The lowest BCUT2D eigenvalue weighted by atomic mass is 9.49. The first-order valence-electron chi connectivity index (χ1n) is 13.8. The molecule has 0 radical (unpaired) electrons. The first-order valence-corrected chi connectivity index (χ1v) is 13.8. The fraction of sp³-hybridized carbons (Fsp3) is 0.484. The van der Waals surface area contributed by atoms with Gasteiger partial charge < -0.3 is 5.32 Å². The molecule has 5 aliphatic carbocycles. The van der Waals surface area contributed by atoms with Gasteiger partial charge in [-0.05, 0) is 111 Å². The Balaban J connectivity index is 1.23. The molecule has 2 aromatic carbocycles. The second-order valence-electron chi connectivity index (χ2n) is 12.1. The summed E-state index contributed by atoms with van der Waals surface area (Å²) >= 11 is 0. The van der Waals surface area contributed by atoms with Crippen molar-refractivity contribution >= 4 is 5.91 Å². The molecular weight excluding hydrogens is 449 g/mol. The number of hydrogen-bond donors (Lipinski definition) is 1. The number of nitrogens with one attached hydrogen (secondary N) is 1. The number of carbonyl (C=O) groups is 1. The monoisotopic (exact) mass is 483 g/mol. The van der Waals surface area contributed by atoms with E-state index in [0.717, 1.165) is 60.5 Å². The van der Waals surface area contributed by atoms with Crippen LogP contribution in [0.25, 0.3) is 5.69 Å². The van der Waals surface area contributed by atoms with Gasteiger partial charge in [-0.1, -0.05) is 30.3 Å². The Morgan fingerprint density at radius 3 is 2.31 bits per heavy atom. The maximum absolute atomic E-state index is 13.7. The third-order valence-corrected chi connectivity index (χ3v) is 9.55. The molecule has 186 valence electrons. The number of halogens is 1. The number of fused-ring (bicyclic) bond motifs is 1. The molecular formula is C31H34FN3O. The Hall–Kier alpha value is -2.95. The van der Waals surface area contributed by atoms with E-state index >= 15 is 0 Å². The van der Waals surface area contributed by atoms with E-state index in [2.05, 4.69) is 29.6 Å². The predicted octanol–water partition coefficient (Wildman–Crippen LogP) is 6.43. The molecule has 5 heteroatoms. The summed E-state index contributed by atoms with van der Waals surface area (Å²) in [6.07, 6.45) is 10.9. The van der Waals surface area contributed by atoms with E-state index in [1.807, 2.05) is 10.7 Å². The van der Waals surface area contributed by atoms with Crippen molar-refractivity contribution < 1.29 is 9.18 Å². The number of nitrogens with zero attached hydrogens (tertiary/aromatic N) is 2. The molecule has 1 unspecified atom stereocenters. The molecule has 4 fully saturated rings. The molecule has 0 aliphatic heterocycles. The van der Waals surface area contributed by atoms with E-state index in [9.17, 15) is 9.18 Å². The van der Waals surface area contributed by atoms with Gasteiger partial charge in [0.1, 0.15) is 5.82 Å². The first-order chi connectivity index (χ1) is 17.6.